The Balaban J connectivity index is 0.000000218. The molecule has 0 unspecified atom stereocenters. The van der Waals surface area contributed by atoms with Crippen LogP contribution in [0.3, 0.4) is 0 Å². The van der Waals surface area contributed by atoms with Gasteiger partial charge in [0, 0.05) is 37.1 Å². The zero-order valence-corrected chi connectivity index (χ0v) is 26.9. The summed E-state index contributed by atoms with van der Waals surface area (Å²) in [7, 11) is -1.25. The lowest BCUT2D eigenvalue weighted by molar-refractivity contribution is 0.118. The molecule has 7 rings (SSSR count). The minimum Gasteiger partial charge on any atom is -0.494 e. The molecule has 0 radical (unpaired) electrons. The van der Waals surface area contributed by atoms with E-state index in [0.29, 0.717) is 32.9 Å². The van der Waals surface area contributed by atoms with Gasteiger partial charge in [-0.05, 0) is 40.8 Å². The zero-order chi connectivity index (χ0) is 31.0. The van der Waals surface area contributed by atoms with Gasteiger partial charge in [-0.15, -0.1) is 12.4 Å². The number of ether oxygens (including phenoxy) is 2. The Labute approximate surface area is 278 Å². The summed E-state index contributed by atoms with van der Waals surface area (Å²) in [6, 6.07) is 32.8. The Kier molecular flexibility index (Phi) is 12.2. The van der Waals surface area contributed by atoms with Gasteiger partial charge in [-0.25, -0.2) is 0 Å². The molecule has 8 nitrogen and oxygen atoms in total. The Morgan fingerprint density at radius 2 is 1.46 bits per heavy atom. The molecule has 0 fully saturated rings. The number of nitrogens with zero attached hydrogens (tertiary/aromatic N) is 1. The molecule has 3 aliphatic rings. The first kappa shape index (κ1) is 34.0. The molecule has 46 heavy (non-hydrogen) atoms. The van der Waals surface area contributed by atoms with E-state index in [1.807, 2.05) is 48.5 Å². The second-order valence-electron chi connectivity index (χ2n) is 11.4. The number of rotatable bonds is 10. The Hall–Kier alpha value is -3.34. The molecule has 4 aromatic rings. The summed E-state index contributed by atoms with van der Waals surface area (Å²) < 4.78 is 28.7. The second kappa shape index (κ2) is 16.5. The van der Waals surface area contributed by atoms with Crippen LogP contribution in [0.4, 0.5) is 0 Å². The Morgan fingerprint density at radius 3 is 2.11 bits per heavy atom. The van der Waals surface area contributed by atoms with Crippen LogP contribution in [0.5, 0.6) is 11.5 Å². The highest BCUT2D eigenvalue weighted by Crippen LogP contribution is 2.30. The van der Waals surface area contributed by atoms with Gasteiger partial charge in [0.2, 0.25) is 0 Å². The highest BCUT2D eigenvalue weighted by Gasteiger charge is 2.41. The zero-order valence-electron chi connectivity index (χ0n) is 26.1. The van der Waals surface area contributed by atoms with Crippen molar-refractivity contribution in [3.8, 4) is 11.5 Å². The molecule has 0 saturated heterocycles. The molecule has 3 aliphatic heterocycles. The van der Waals surface area contributed by atoms with Gasteiger partial charge in [-0.3, -0.25) is 4.90 Å². The quantitative estimate of drug-likeness (QED) is 0.249. The highest BCUT2D eigenvalue weighted by molar-refractivity contribution is 6.64. The minimum absolute atomic E-state index is 0. The molecule has 4 aromatic carbocycles. The number of fused-ring (bicyclic) bond motifs is 1. The number of hydrogen-bond donors (Lipinski definition) is 2. The van der Waals surface area contributed by atoms with Crippen molar-refractivity contribution >= 4 is 37.6 Å². The van der Waals surface area contributed by atoms with E-state index in [2.05, 4.69) is 60.4 Å². The van der Waals surface area contributed by atoms with E-state index < -0.39 is 7.12 Å². The van der Waals surface area contributed by atoms with Gasteiger partial charge in [0.25, 0.3) is 0 Å². The molecular weight excluding hydrogens is 601 g/mol. The maximum Gasteiger partial charge on any atom is 0.498 e. The van der Waals surface area contributed by atoms with Crippen LogP contribution in [0.25, 0.3) is 0 Å². The van der Waals surface area contributed by atoms with E-state index in [9.17, 15) is 5.02 Å². The summed E-state index contributed by atoms with van der Waals surface area (Å²) in [4.78, 5) is 2.37. The van der Waals surface area contributed by atoms with Crippen LogP contribution in [0.15, 0.2) is 97.1 Å². The third kappa shape index (κ3) is 7.96. The fraction of sp³-hybridized carbons (Fsp3) is 0.314. The molecular formula is C35H41B2ClN2O6. The second-order valence-corrected chi connectivity index (χ2v) is 11.4. The molecule has 0 aromatic heterocycles. The monoisotopic (exact) mass is 642 g/mol. The average Bonchev–Trinajstić information content (AvgIpc) is 3.51. The topological polar surface area (TPSA) is 95.6 Å². The van der Waals surface area contributed by atoms with Crippen LogP contribution >= 0.6 is 12.4 Å². The molecule has 3 heterocycles. The molecule has 0 amide bonds. The normalized spacial score (nSPS) is 17.7. The summed E-state index contributed by atoms with van der Waals surface area (Å²) in [6.07, 6.45) is 0.658. The van der Waals surface area contributed by atoms with Gasteiger partial charge in [0.15, 0.2) is 0 Å². The van der Waals surface area contributed by atoms with Gasteiger partial charge < -0.3 is 34.2 Å². The standard InChI is InChI=1S/C25H28BNO3.C10H12BNO3.ClH/c1-2-16-29-23-15-9-14-22-24(30-26(28)25(22)23)19-27(17-20-10-5-3-6-11-20)18-21-12-7-4-8-13-21;12-6-9-7-2-1-3-8-10(7)11(15-9)14-5-4-13-8;/h3-15,24,28H,2,16-19H2,1H3;1-3,9H,4-6,12H2;1H/t24-;9-;/m11./s1. The van der Waals surface area contributed by atoms with Gasteiger partial charge in [0.1, 0.15) is 18.1 Å². The lowest BCUT2D eigenvalue weighted by Gasteiger charge is -2.26. The van der Waals surface area contributed by atoms with E-state index in [4.69, 9.17) is 29.2 Å². The molecule has 240 valence electrons. The maximum atomic E-state index is 10.6. The molecule has 0 aliphatic carbocycles. The molecule has 0 spiro atoms. The van der Waals surface area contributed by atoms with Gasteiger partial charge in [0.05, 0.1) is 25.4 Å². The Bertz CT molecular complexity index is 1500. The van der Waals surface area contributed by atoms with E-state index >= 15 is 0 Å². The predicted molar refractivity (Wildman–Crippen MR) is 184 cm³/mol. The summed E-state index contributed by atoms with van der Waals surface area (Å²) >= 11 is 0. The van der Waals surface area contributed by atoms with Gasteiger partial charge >= 0.3 is 14.2 Å². The summed E-state index contributed by atoms with van der Waals surface area (Å²) in [6.45, 7) is 6.60. The first-order chi connectivity index (χ1) is 22.1. The summed E-state index contributed by atoms with van der Waals surface area (Å²) in [5.41, 5.74) is 12.1. The van der Waals surface area contributed by atoms with Crippen molar-refractivity contribution in [3.05, 3.63) is 119 Å². The smallest absolute Gasteiger partial charge is 0.494 e. The van der Waals surface area contributed by atoms with Gasteiger partial charge in [-0.2, -0.15) is 0 Å². The van der Waals surface area contributed by atoms with Crippen LogP contribution < -0.4 is 26.1 Å². The van der Waals surface area contributed by atoms with Crippen LogP contribution in [0.1, 0.15) is 47.8 Å². The number of hydrogen-bond acceptors (Lipinski definition) is 8. The van der Waals surface area contributed by atoms with Crippen molar-refractivity contribution in [1.82, 2.24) is 4.90 Å². The largest absolute Gasteiger partial charge is 0.498 e. The lowest BCUT2D eigenvalue weighted by Crippen LogP contribution is -2.31. The Morgan fingerprint density at radius 1 is 0.804 bits per heavy atom. The third-order valence-electron chi connectivity index (χ3n) is 8.17. The minimum atomic E-state index is -0.951. The summed E-state index contributed by atoms with van der Waals surface area (Å²) in [5, 5.41) is 10.6. The van der Waals surface area contributed by atoms with Crippen molar-refractivity contribution < 1.29 is 28.5 Å². The third-order valence-corrected chi connectivity index (χ3v) is 8.17. The molecule has 11 heteroatoms. The van der Waals surface area contributed by atoms with E-state index in [-0.39, 0.29) is 31.7 Å². The first-order valence-corrected chi connectivity index (χ1v) is 15.8. The number of benzene rings is 4. The lowest BCUT2D eigenvalue weighted by atomic mass is 9.78. The van der Waals surface area contributed by atoms with Crippen molar-refractivity contribution in [2.75, 3.05) is 32.9 Å². The van der Waals surface area contributed by atoms with Crippen molar-refractivity contribution in [3.63, 3.8) is 0 Å². The number of nitrogens with two attached hydrogens (primary N) is 1. The van der Waals surface area contributed by atoms with E-state index in [1.54, 1.807) is 0 Å². The fourth-order valence-corrected chi connectivity index (χ4v) is 6.11. The van der Waals surface area contributed by atoms with Crippen molar-refractivity contribution in [2.45, 2.75) is 38.6 Å². The van der Waals surface area contributed by atoms with Crippen LogP contribution in [-0.4, -0.2) is 57.1 Å². The SMILES string of the molecule is CCCOc1cccc2c1B(O)O[C@@H]2CN(Cc1ccccc1)Cc1ccccc1.Cl.NC[C@H]1OB2OCCOc3cccc1c32. The molecule has 2 atom stereocenters. The van der Waals surface area contributed by atoms with Crippen molar-refractivity contribution in [1.29, 1.82) is 0 Å². The number of halogens is 1. The van der Waals surface area contributed by atoms with E-state index in [0.717, 1.165) is 53.1 Å². The predicted octanol–water partition coefficient (Wildman–Crippen LogP) is 4.18. The van der Waals surface area contributed by atoms with Crippen molar-refractivity contribution in [2.24, 2.45) is 5.73 Å². The van der Waals surface area contributed by atoms with Crippen LogP contribution in [0, 0.1) is 0 Å². The molecule has 3 N–H and O–H groups in total. The maximum absolute atomic E-state index is 10.6. The van der Waals surface area contributed by atoms with Crippen LogP contribution in [0.2, 0.25) is 0 Å². The highest BCUT2D eigenvalue weighted by atomic mass is 35.5. The summed E-state index contributed by atoms with van der Waals surface area (Å²) in [5.74, 6) is 1.59. The van der Waals surface area contributed by atoms with Crippen LogP contribution in [-0.2, 0) is 27.1 Å². The first-order valence-electron chi connectivity index (χ1n) is 15.8. The van der Waals surface area contributed by atoms with E-state index in [1.165, 1.54) is 11.1 Å². The fourth-order valence-electron chi connectivity index (χ4n) is 6.11. The molecule has 0 saturated carbocycles. The van der Waals surface area contributed by atoms with Gasteiger partial charge in [-0.1, -0.05) is 91.9 Å². The molecule has 0 bridgehead atoms. The average molecular weight is 643 g/mol.